The third kappa shape index (κ3) is 5.05. The highest BCUT2D eigenvalue weighted by Gasteiger charge is 2.14. The molecule has 0 radical (unpaired) electrons. The van der Waals surface area contributed by atoms with Crippen LogP contribution in [0.2, 0.25) is 0 Å². The van der Waals surface area contributed by atoms with Crippen LogP contribution in [0, 0.1) is 11.3 Å². The van der Waals surface area contributed by atoms with E-state index in [1.165, 1.54) is 31.4 Å². The first-order valence-corrected chi connectivity index (χ1v) is 6.33. The first kappa shape index (κ1) is 17.4. The van der Waals surface area contributed by atoms with Crippen molar-refractivity contribution in [3.05, 3.63) is 29.3 Å². The largest absolute Gasteiger partial charge is 0.493 e. The summed E-state index contributed by atoms with van der Waals surface area (Å²) in [5.74, 6) is -0.869. The maximum absolute atomic E-state index is 12.3. The Morgan fingerprint density at radius 2 is 2.00 bits per heavy atom. The number of rotatable bonds is 6. The topological polar surface area (TPSA) is 68.5 Å². The van der Waals surface area contributed by atoms with Crippen molar-refractivity contribution < 1.29 is 27.8 Å². The molecule has 0 amide bonds. The van der Waals surface area contributed by atoms with Gasteiger partial charge in [-0.3, -0.25) is 0 Å². The van der Waals surface area contributed by atoms with Crippen molar-refractivity contribution in [1.29, 1.82) is 5.26 Å². The number of halogens is 2. The third-order valence-electron chi connectivity index (χ3n) is 2.40. The van der Waals surface area contributed by atoms with Gasteiger partial charge in [-0.1, -0.05) is 6.07 Å². The van der Waals surface area contributed by atoms with E-state index in [4.69, 9.17) is 14.7 Å². The molecule has 0 spiro atoms. The van der Waals surface area contributed by atoms with E-state index in [1.807, 2.05) is 0 Å². The van der Waals surface area contributed by atoms with E-state index < -0.39 is 12.6 Å². The average molecular weight is 311 g/mol. The molecule has 0 aliphatic carbocycles. The number of nitrogens with zero attached hydrogens (tertiary/aromatic N) is 1. The van der Waals surface area contributed by atoms with Gasteiger partial charge in [0.15, 0.2) is 11.5 Å². The number of ether oxygens (including phenoxy) is 3. The van der Waals surface area contributed by atoms with E-state index in [0.717, 1.165) is 0 Å². The lowest BCUT2D eigenvalue weighted by molar-refractivity contribution is -0.142. The van der Waals surface area contributed by atoms with Crippen LogP contribution in [0.3, 0.4) is 0 Å². The summed E-state index contributed by atoms with van der Waals surface area (Å²) in [5, 5.41) is 8.99. The van der Waals surface area contributed by atoms with Crippen LogP contribution in [-0.4, -0.2) is 25.8 Å². The molecule has 7 heteroatoms. The molecule has 22 heavy (non-hydrogen) atoms. The second kappa shape index (κ2) is 7.98. The van der Waals surface area contributed by atoms with Crippen molar-refractivity contribution in [1.82, 2.24) is 0 Å². The van der Waals surface area contributed by atoms with Crippen LogP contribution < -0.4 is 9.47 Å². The van der Waals surface area contributed by atoms with Crippen LogP contribution >= 0.6 is 0 Å². The molecular formula is C15H15F2NO4. The van der Waals surface area contributed by atoms with Gasteiger partial charge in [0.1, 0.15) is 11.6 Å². The Morgan fingerprint density at radius 3 is 2.50 bits per heavy atom. The second-order valence-corrected chi connectivity index (χ2v) is 4.41. The number of carbonyl (C=O) groups is 1. The van der Waals surface area contributed by atoms with Crippen molar-refractivity contribution >= 4 is 12.0 Å². The zero-order valence-corrected chi connectivity index (χ0v) is 12.3. The molecule has 0 heterocycles. The molecule has 0 atom stereocenters. The van der Waals surface area contributed by atoms with E-state index in [-0.39, 0.29) is 23.2 Å². The number of esters is 1. The van der Waals surface area contributed by atoms with Crippen LogP contribution in [0.5, 0.6) is 11.5 Å². The minimum absolute atomic E-state index is 0.112. The molecule has 0 aliphatic heterocycles. The fraction of sp³-hybridized carbons (Fsp3) is 0.333. The van der Waals surface area contributed by atoms with E-state index >= 15 is 0 Å². The third-order valence-corrected chi connectivity index (χ3v) is 2.40. The van der Waals surface area contributed by atoms with Crippen molar-refractivity contribution in [2.75, 3.05) is 7.11 Å². The molecule has 0 saturated heterocycles. The van der Waals surface area contributed by atoms with E-state index in [9.17, 15) is 13.6 Å². The summed E-state index contributed by atoms with van der Waals surface area (Å²) in [6.07, 6.45) is 0.848. The van der Waals surface area contributed by atoms with Crippen LogP contribution in [0.25, 0.3) is 6.08 Å². The fourth-order valence-electron chi connectivity index (χ4n) is 1.55. The summed E-state index contributed by atoms with van der Waals surface area (Å²) in [4.78, 5) is 11.7. The number of hydrogen-bond acceptors (Lipinski definition) is 5. The molecule has 1 aromatic rings. The predicted molar refractivity (Wildman–Crippen MR) is 74.4 cm³/mol. The van der Waals surface area contributed by atoms with E-state index in [1.54, 1.807) is 19.9 Å². The minimum Gasteiger partial charge on any atom is -0.493 e. The summed E-state index contributed by atoms with van der Waals surface area (Å²) in [5.41, 5.74) is 0.0792. The van der Waals surface area contributed by atoms with Crippen LogP contribution in [0.1, 0.15) is 19.4 Å². The van der Waals surface area contributed by atoms with Gasteiger partial charge in [-0.2, -0.15) is 14.0 Å². The second-order valence-electron chi connectivity index (χ2n) is 4.41. The minimum atomic E-state index is -3.02. The maximum Gasteiger partial charge on any atom is 0.387 e. The van der Waals surface area contributed by atoms with Crippen molar-refractivity contribution in [3.8, 4) is 17.6 Å². The zero-order chi connectivity index (χ0) is 16.7. The van der Waals surface area contributed by atoms with Crippen LogP contribution in [0.15, 0.2) is 23.8 Å². The molecule has 0 N–H and O–H groups in total. The lowest BCUT2D eigenvalue weighted by atomic mass is 10.1. The molecule has 0 unspecified atom stereocenters. The molecule has 118 valence electrons. The number of benzene rings is 1. The van der Waals surface area contributed by atoms with Gasteiger partial charge < -0.3 is 14.2 Å². The average Bonchev–Trinajstić information content (AvgIpc) is 2.43. The Balaban J connectivity index is 3.12. The van der Waals surface area contributed by atoms with Gasteiger partial charge in [0.2, 0.25) is 0 Å². The van der Waals surface area contributed by atoms with Gasteiger partial charge >= 0.3 is 12.6 Å². The highest BCUT2D eigenvalue weighted by molar-refractivity contribution is 5.98. The number of nitriles is 1. The summed E-state index contributed by atoms with van der Waals surface area (Å²) in [6.45, 7) is 0.276. The molecular weight excluding hydrogens is 296 g/mol. The predicted octanol–water partition coefficient (Wildman–Crippen LogP) is 3.16. The van der Waals surface area contributed by atoms with Gasteiger partial charge in [0.25, 0.3) is 0 Å². The Hall–Kier alpha value is -2.62. The Labute approximate surface area is 126 Å². The molecule has 0 fully saturated rings. The van der Waals surface area contributed by atoms with Gasteiger partial charge in [-0.15, -0.1) is 0 Å². The monoisotopic (exact) mass is 311 g/mol. The molecule has 0 saturated carbocycles. The molecule has 5 nitrogen and oxygen atoms in total. The SMILES string of the molecule is COc1ccc(C=C(C#N)C(=O)OC(C)C)cc1OC(F)F. The highest BCUT2D eigenvalue weighted by atomic mass is 19.3. The first-order chi connectivity index (χ1) is 10.4. The van der Waals surface area contributed by atoms with E-state index in [0.29, 0.717) is 5.56 Å². The highest BCUT2D eigenvalue weighted by Crippen LogP contribution is 2.30. The Kier molecular flexibility index (Phi) is 6.32. The normalized spacial score (nSPS) is 11.3. The lowest BCUT2D eigenvalue weighted by Gasteiger charge is -2.10. The fourth-order valence-corrected chi connectivity index (χ4v) is 1.55. The lowest BCUT2D eigenvalue weighted by Crippen LogP contribution is -2.12. The molecule has 1 aromatic carbocycles. The van der Waals surface area contributed by atoms with Crippen LogP contribution in [0.4, 0.5) is 8.78 Å². The number of methoxy groups -OCH3 is 1. The number of carbonyl (C=O) groups excluding carboxylic acids is 1. The standard InChI is InChI=1S/C15H15F2NO4/c1-9(2)21-14(19)11(8-18)6-10-4-5-12(20-3)13(7-10)22-15(16)17/h4-7,9,15H,1-3H3. The van der Waals surface area contributed by atoms with Crippen molar-refractivity contribution in [2.24, 2.45) is 0 Å². The number of hydrogen-bond donors (Lipinski definition) is 0. The molecule has 0 aliphatic rings. The molecule has 1 rings (SSSR count). The summed E-state index contributed by atoms with van der Waals surface area (Å²) >= 11 is 0. The number of alkyl halides is 2. The molecule has 0 bridgehead atoms. The maximum atomic E-state index is 12.3. The van der Waals surface area contributed by atoms with Gasteiger partial charge in [0.05, 0.1) is 13.2 Å². The van der Waals surface area contributed by atoms with Gasteiger partial charge in [-0.05, 0) is 37.6 Å². The van der Waals surface area contributed by atoms with Crippen molar-refractivity contribution in [2.45, 2.75) is 26.6 Å². The summed E-state index contributed by atoms with van der Waals surface area (Å²) in [7, 11) is 1.31. The van der Waals surface area contributed by atoms with E-state index in [2.05, 4.69) is 4.74 Å². The molecule has 0 aromatic heterocycles. The Morgan fingerprint density at radius 1 is 1.32 bits per heavy atom. The van der Waals surface area contributed by atoms with Gasteiger partial charge in [-0.25, -0.2) is 4.79 Å². The summed E-state index contributed by atoms with van der Waals surface area (Å²) in [6, 6.07) is 5.84. The van der Waals surface area contributed by atoms with Gasteiger partial charge in [0, 0.05) is 0 Å². The van der Waals surface area contributed by atoms with Crippen LogP contribution in [-0.2, 0) is 9.53 Å². The first-order valence-electron chi connectivity index (χ1n) is 6.33. The quantitative estimate of drug-likeness (QED) is 0.458. The zero-order valence-electron chi connectivity index (χ0n) is 12.3. The summed E-state index contributed by atoms with van der Waals surface area (Å²) < 4.78 is 38.8. The van der Waals surface area contributed by atoms with Crippen molar-refractivity contribution in [3.63, 3.8) is 0 Å². The smallest absolute Gasteiger partial charge is 0.387 e. The Bertz CT molecular complexity index is 606.